The summed E-state index contributed by atoms with van der Waals surface area (Å²) in [5.41, 5.74) is 0. The monoisotopic (exact) mass is 309 g/mol. The Balaban J connectivity index is 2.61. The van der Waals surface area contributed by atoms with Crippen molar-refractivity contribution < 1.29 is 45.0 Å². The van der Waals surface area contributed by atoms with Gasteiger partial charge in [-0.3, -0.25) is 14.9 Å². The van der Waals surface area contributed by atoms with E-state index in [0.29, 0.717) is 0 Å². The second kappa shape index (κ2) is 7.11. The van der Waals surface area contributed by atoms with Gasteiger partial charge >= 0.3 is 11.9 Å². The Morgan fingerprint density at radius 3 is 2.43 bits per heavy atom. The molecule has 0 aromatic rings. The van der Waals surface area contributed by atoms with E-state index in [-0.39, 0.29) is 6.42 Å². The highest BCUT2D eigenvalue weighted by molar-refractivity contribution is 5.75. The molecule has 0 aliphatic carbocycles. The molecule has 1 rings (SSSR count). The smallest absolute Gasteiger partial charge is 0.320 e. The summed E-state index contributed by atoms with van der Waals surface area (Å²) in [5, 5.41) is 58.2. The predicted molar refractivity (Wildman–Crippen MR) is 65.2 cm³/mol. The Labute approximate surface area is 119 Å². The third-order valence-electron chi connectivity index (χ3n) is 3.23. The summed E-state index contributed by atoms with van der Waals surface area (Å²) in [6, 6.07) is -1.27. The van der Waals surface area contributed by atoms with Crippen LogP contribution in [0.1, 0.15) is 12.8 Å². The van der Waals surface area contributed by atoms with Crippen molar-refractivity contribution in [2.45, 2.75) is 43.0 Å². The zero-order valence-corrected chi connectivity index (χ0v) is 11.0. The lowest BCUT2D eigenvalue weighted by atomic mass is 9.96. The van der Waals surface area contributed by atoms with Crippen LogP contribution < -0.4 is 5.32 Å². The number of ether oxygens (including phenoxy) is 1. The highest BCUT2D eigenvalue weighted by Gasteiger charge is 2.48. The molecular formula is C11H19NO9. The number of hydrogen-bond donors (Lipinski definition) is 7. The number of carboxylic acids is 2. The first-order valence-electron chi connectivity index (χ1n) is 6.26. The van der Waals surface area contributed by atoms with Gasteiger partial charge in [-0.1, -0.05) is 0 Å². The van der Waals surface area contributed by atoms with E-state index in [9.17, 15) is 30.0 Å². The second-order valence-electron chi connectivity index (χ2n) is 4.86. The molecule has 21 heavy (non-hydrogen) atoms. The van der Waals surface area contributed by atoms with Gasteiger partial charge in [-0.15, -0.1) is 0 Å². The number of rotatable bonds is 7. The molecule has 0 spiro atoms. The summed E-state index contributed by atoms with van der Waals surface area (Å²) in [4.78, 5) is 21.4. The predicted octanol–water partition coefficient (Wildman–Crippen LogP) is -3.30. The van der Waals surface area contributed by atoms with Crippen molar-refractivity contribution in [3.05, 3.63) is 0 Å². The van der Waals surface area contributed by atoms with Gasteiger partial charge in [0.05, 0.1) is 13.2 Å². The van der Waals surface area contributed by atoms with Crippen molar-refractivity contribution in [2.24, 2.45) is 0 Å². The van der Waals surface area contributed by atoms with Crippen LogP contribution in [0.5, 0.6) is 0 Å². The molecule has 1 aliphatic heterocycles. The highest BCUT2D eigenvalue weighted by Crippen LogP contribution is 2.23. The van der Waals surface area contributed by atoms with E-state index in [4.69, 9.17) is 14.9 Å². The fourth-order valence-electron chi connectivity index (χ4n) is 1.90. The van der Waals surface area contributed by atoms with Crippen molar-refractivity contribution in [1.82, 2.24) is 5.32 Å². The fourth-order valence-corrected chi connectivity index (χ4v) is 1.90. The number of aliphatic carboxylic acids is 2. The first-order chi connectivity index (χ1) is 9.67. The molecule has 10 heteroatoms. The molecule has 1 saturated heterocycles. The van der Waals surface area contributed by atoms with Gasteiger partial charge in [-0.05, 0) is 6.42 Å². The summed E-state index contributed by atoms with van der Waals surface area (Å²) in [6.07, 6.45) is -5.49. The van der Waals surface area contributed by atoms with Gasteiger partial charge in [0.1, 0.15) is 24.4 Å². The molecule has 1 fully saturated rings. The van der Waals surface area contributed by atoms with Crippen LogP contribution in [-0.2, 0) is 14.3 Å². The molecular weight excluding hydrogens is 290 g/mol. The van der Waals surface area contributed by atoms with Crippen LogP contribution in [0.25, 0.3) is 0 Å². The van der Waals surface area contributed by atoms with Crippen molar-refractivity contribution in [3.8, 4) is 0 Å². The number of carboxylic acid groups (broad SMARTS) is 2. The van der Waals surface area contributed by atoms with Crippen LogP contribution in [0, 0.1) is 0 Å². The third-order valence-corrected chi connectivity index (χ3v) is 3.23. The zero-order valence-electron chi connectivity index (χ0n) is 11.0. The van der Waals surface area contributed by atoms with Gasteiger partial charge in [-0.2, -0.15) is 0 Å². The van der Waals surface area contributed by atoms with Crippen LogP contribution in [0.2, 0.25) is 0 Å². The summed E-state index contributed by atoms with van der Waals surface area (Å²) >= 11 is 0. The van der Waals surface area contributed by atoms with Crippen LogP contribution in [0.3, 0.4) is 0 Å². The van der Waals surface area contributed by atoms with Crippen molar-refractivity contribution >= 4 is 11.9 Å². The molecule has 5 atom stereocenters. The summed E-state index contributed by atoms with van der Waals surface area (Å²) in [7, 11) is 0. The lowest BCUT2D eigenvalue weighted by molar-refractivity contribution is -0.318. The molecule has 0 saturated carbocycles. The van der Waals surface area contributed by atoms with Crippen LogP contribution in [0.4, 0.5) is 0 Å². The van der Waals surface area contributed by atoms with E-state index in [1.54, 1.807) is 0 Å². The van der Waals surface area contributed by atoms with E-state index in [1.165, 1.54) is 0 Å². The lowest BCUT2D eigenvalue weighted by Crippen LogP contribution is -2.65. The van der Waals surface area contributed by atoms with Crippen molar-refractivity contribution in [2.75, 3.05) is 13.2 Å². The maximum Gasteiger partial charge on any atom is 0.320 e. The standard InChI is InChI=1S/C11H19NO9/c13-6-3-21-11(20,9(17)8(6)16)4-12-5(10(18)19)1-2-7(14)15/h5-6,8-9,12-13,16-17,20H,1-4H2,(H,14,15)(H,18,19)/t5-,6+,8+,9-,11+/m0/s1. The van der Waals surface area contributed by atoms with Gasteiger partial charge in [0.15, 0.2) is 0 Å². The Morgan fingerprint density at radius 2 is 1.90 bits per heavy atom. The SMILES string of the molecule is O=C(O)CC[C@H](NC[C@@]1(O)OC[C@@H](O)[C@@H](O)[C@@H]1O)C(=O)O. The molecule has 0 aromatic heterocycles. The maximum absolute atomic E-state index is 11.0. The van der Waals surface area contributed by atoms with Gasteiger partial charge in [0.2, 0.25) is 5.79 Å². The lowest BCUT2D eigenvalue weighted by Gasteiger charge is -2.42. The van der Waals surface area contributed by atoms with Crippen LogP contribution in [-0.4, -0.2) is 85.9 Å². The maximum atomic E-state index is 11.0. The third kappa shape index (κ3) is 4.59. The first-order valence-corrected chi connectivity index (χ1v) is 6.26. The molecule has 0 unspecified atom stereocenters. The van der Waals surface area contributed by atoms with Crippen molar-refractivity contribution in [3.63, 3.8) is 0 Å². The Kier molecular flexibility index (Phi) is 6.01. The first kappa shape index (κ1) is 17.8. The fraction of sp³-hybridized carbons (Fsp3) is 0.818. The zero-order chi connectivity index (χ0) is 16.2. The molecule has 122 valence electrons. The Hall–Kier alpha value is -1.30. The molecule has 10 nitrogen and oxygen atoms in total. The van der Waals surface area contributed by atoms with Crippen molar-refractivity contribution in [1.29, 1.82) is 0 Å². The van der Waals surface area contributed by atoms with Gasteiger partial charge < -0.3 is 35.4 Å². The van der Waals surface area contributed by atoms with E-state index >= 15 is 0 Å². The summed E-state index contributed by atoms with van der Waals surface area (Å²) in [6.45, 7) is -1.00. The van der Waals surface area contributed by atoms with Gasteiger partial charge in [0, 0.05) is 6.42 Å². The molecule has 0 aromatic carbocycles. The summed E-state index contributed by atoms with van der Waals surface area (Å²) in [5.74, 6) is -4.78. The van der Waals surface area contributed by atoms with E-state index in [2.05, 4.69) is 5.32 Å². The molecule has 0 bridgehead atoms. The number of nitrogens with one attached hydrogen (secondary N) is 1. The second-order valence-corrected chi connectivity index (χ2v) is 4.86. The number of aliphatic hydroxyl groups excluding tert-OH is 3. The topological polar surface area (TPSA) is 177 Å². The molecule has 1 heterocycles. The molecule has 0 amide bonds. The van der Waals surface area contributed by atoms with E-state index in [0.717, 1.165) is 0 Å². The van der Waals surface area contributed by atoms with E-state index < -0.39 is 61.7 Å². The highest BCUT2D eigenvalue weighted by atomic mass is 16.6. The summed E-state index contributed by atoms with van der Waals surface area (Å²) < 4.78 is 4.84. The minimum absolute atomic E-state index is 0.234. The Bertz CT molecular complexity index is 390. The minimum Gasteiger partial charge on any atom is -0.481 e. The quantitative estimate of drug-likeness (QED) is 0.252. The Morgan fingerprint density at radius 1 is 1.29 bits per heavy atom. The van der Waals surface area contributed by atoms with Gasteiger partial charge in [0.25, 0.3) is 0 Å². The minimum atomic E-state index is -2.28. The van der Waals surface area contributed by atoms with E-state index in [1.807, 2.05) is 0 Å². The largest absolute Gasteiger partial charge is 0.481 e. The number of carbonyl (C=O) groups is 2. The van der Waals surface area contributed by atoms with Crippen LogP contribution >= 0.6 is 0 Å². The number of hydrogen-bond acceptors (Lipinski definition) is 8. The number of aliphatic hydroxyl groups is 4. The van der Waals surface area contributed by atoms with Crippen LogP contribution in [0.15, 0.2) is 0 Å². The average Bonchev–Trinajstić information content (AvgIpc) is 2.40. The normalized spacial score (nSPS) is 34.4. The molecule has 0 radical (unpaired) electrons. The molecule has 7 N–H and O–H groups in total. The average molecular weight is 309 g/mol. The molecule has 1 aliphatic rings. The van der Waals surface area contributed by atoms with Gasteiger partial charge in [-0.25, -0.2) is 0 Å².